The quantitative estimate of drug-likeness (QED) is 0.579. The zero-order valence-corrected chi connectivity index (χ0v) is 9.50. The van der Waals surface area contributed by atoms with Gasteiger partial charge in [0.1, 0.15) is 0 Å². The Hall–Kier alpha value is -1.00. The van der Waals surface area contributed by atoms with Gasteiger partial charge in [0.05, 0.1) is 20.8 Å². The van der Waals surface area contributed by atoms with Crippen LogP contribution in [0.1, 0.15) is 11.4 Å². The van der Waals surface area contributed by atoms with Gasteiger partial charge < -0.3 is 0 Å². The first-order valence-corrected chi connectivity index (χ1v) is 5.93. The first kappa shape index (κ1) is 8.32. The molecule has 3 rings (SSSR count). The summed E-state index contributed by atoms with van der Waals surface area (Å²) < 4.78 is 11.3. The molecule has 0 radical (unpaired) electrons. The Kier molecular flexibility index (Phi) is 1.63. The van der Waals surface area contributed by atoms with Crippen molar-refractivity contribution in [3.8, 4) is 0 Å². The molecule has 0 fully saturated rings. The largest absolute Gasteiger partial charge is 0.197 e. The lowest BCUT2D eigenvalue weighted by atomic mass is 10.1. The highest BCUT2D eigenvalue weighted by molar-refractivity contribution is 7.17. The first-order chi connectivity index (χ1) is 6.77. The summed E-state index contributed by atoms with van der Waals surface area (Å²) in [7, 11) is 0. The molecule has 2 heterocycles. The molecular weight excluding hydrogens is 212 g/mol. The standard InChI is InChI=1S/C10H8N2S2/c1-5-7-3-4-8-9(6(2)12-13-8)10(7)14-11-5/h3-4H,1-2H3. The van der Waals surface area contributed by atoms with Crippen LogP contribution in [0.15, 0.2) is 12.1 Å². The predicted molar refractivity (Wildman–Crippen MR) is 62.3 cm³/mol. The minimum Gasteiger partial charge on any atom is -0.197 e. The second kappa shape index (κ2) is 2.74. The van der Waals surface area contributed by atoms with Gasteiger partial charge in [-0.15, -0.1) is 0 Å². The van der Waals surface area contributed by atoms with Crippen LogP contribution >= 0.6 is 23.1 Å². The van der Waals surface area contributed by atoms with Gasteiger partial charge in [-0.1, -0.05) is 6.07 Å². The summed E-state index contributed by atoms with van der Waals surface area (Å²) in [5.41, 5.74) is 2.25. The van der Waals surface area contributed by atoms with E-state index >= 15 is 0 Å². The zero-order chi connectivity index (χ0) is 9.71. The monoisotopic (exact) mass is 220 g/mol. The van der Waals surface area contributed by atoms with Crippen LogP contribution in [0.25, 0.3) is 20.2 Å². The van der Waals surface area contributed by atoms with Crippen LogP contribution in [-0.2, 0) is 0 Å². The van der Waals surface area contributed by atoms with Gasteiger partial charge >= 0.3 is 0 Å². The molecule has 0 aliphatic rings. The lowest BCUT2D eigenvalue weighted by Crippen LogP contribution is -1.72. The van der Waals surface area contributed by atoms with Crippen molar-refractivity contribution in [1.29, 1.82) is 0 Å². The summed E-state index contributed by atoms with van der Waals surface area (Å²) in [6.07, 6.45) is 0. The van der Waals surface area contributed by atoms with Crippen molar-refractivity contribution in [2.24, 2.45) is 0 Å². The summed E-state index contributed by atoms with van der Waals surface area (Å²) in [6, 6.07) is 4.29. The number of nitrogens with zero attached hydrogens (tertiary/aromatic N) is 2. The molecule has 3 aromatic rings. The van der Waals surface area contributed by atoms with Gasteiger partial charge in [-0.3, -0.25) is 0 Å². The first-order valence-electron chi connectivity index (χ1n) is 4.38. The molecule has 0 bridgehead atoms. The van der Waals surface area contributed by atoms with Gasteiger partial charge in [0.15, 0.2) is 0 Å². The molecule has 0 aliphatic heterocycles. The molecule has 0 unspecified atom stereocenters. The maximum Gasteiger partial charge on any atom is 0.0658 e. The fourth-order valence-corrected chi connectivity index (χ4v) is 3.54. The predicted octanol–water partition coefficient (Wildman–Crippen LogP) is 3.52. The molecule has 14 heavy (non-hydrogen) atoms. The van der Waals surface area contributed by atoms with Gasteiger partial charge in [0.2, 0.25) is 0 Å². The smallest absolute Gasteiger partial charge is 0.0658 e. The Labute approximate surface area is 89.5 Å². The minimum absolute atomic E-state index is 1.12. The fourth-order valence-electron chi connectivity index (χ4n) is 1.69. The van der Waals surface area contributed by atoms with Crippen molar-refractivity contribution in [2.45, 2.75) is 13.8 Å². The van der Waals surface area contributed by atoms with E-state index in [0.717, 1.165) is 11.4 Å². The SMILES string of the molecule is Cc1nsc2c1ccc1snc(C)c12. The van der Waals surface area contributed by atoms with Gasteiger partial charge in [0.25, 0.3) is 0 Å². The highest BCUT2D eigenvalue weighted by Crippen LogP contribution is 2.34. The summed E-state index contributed by atoms with van der Waals surface area (Å²) >= 11 is 3.15. The van der Waals surface area contributed by atoms with Crippen LogP contribution in [0, 0.1) is 13.8 Å². The topological polar surface area (TPSA) is 25.8 Å². The van der Waals surface area contributed by atoms with Gasteiger partial charge in [-0.25, -0.2) is 0 Å². The second-order valence-electron chi connectivity index (χ2n) is 3.35. The maximum atomic E-state index is 4.39. The molecule has 70 valence electrons. The Bertz CT molecular complexity index is 621. The Morgan fingerprint density at radius 1 is 1.00 bits per heavy atom. The Balaban J connectivity index is 2.66. The number of benzene rings is 1. The van der Waals surface area contributed by atoms with Crippen LogP contribution in [0.4, 0.5) is 0 Å². The van der Waals surface area contributed by atoms with Crippen molar-refractivity contribution >= 4 is 43.2 Å². The van der Waals surface area contributed by atoms with Crippen molar-refractivity contribution < 1.29 is 0 Å². The van der Waals surface area contributed by atoms with Crippen molar-refractivity contribution in [1.82, 2.24) is 8.75 Å². The molecule has 0 saturated heterocycles. The highest BCUT2D eigenvalue weighted by atomic mass is 32.1. The van der Waals surface area contributed by atoms with E-state index in [9.17, 15) is 0 Å². The number of rotatable bonds is 0. The van der Waals surface area contributed by atoms with E-state index in [-0.39, 0.29) is 0 Å². The molecule has 0 amide bonds. The summed E-state index contributed by atoms with van der Waals surface area (Å²) in [5.74, 6) is 0. The number of aromatic nitrogens is 2. The molecule has 0 N–H and O–H groups in total. The van der Waals surface area contributed by atoms with Crippen molar-refractivity contribution in [3.63, 3.8) is 0 Å². The van der Waals surface area contributed by atoms with E-state index in [1.807, 2.05) is 0 Å². The third-order valence-electron chi connectivity index (χ3n) is 2.43. The summed E-state index contributed by atoms with van der Waals surface area (Å²) in [6.45, 7) is 4.12. The third-order valence-corrected chi connectivity index (χ3v) is 4.30. The second-order valence-corrected chi connectivity index (χ2v) is 4.93. The van der Waals surface area contributed by atoms with E-state index < -0.39 is 0 Å². The number of hydrogen-bond donors (Lipinski definition) is 0. The highest BCUT2D eigenvalue weighted by Gasteiger charge is 2.10. The molecule has 0 saturated carbocycles. The van der Waals surface area contributed by atoms with E-state index in [0.29, 0.717) is 0 Å². The fraction of sp³-hybridized carbons (Fsp3) is 0.200. The molecule has 0 spiro atoms. The average Bonchev–Trinajstić information content (AvgIpc) is 2.72. The van der Waals surface area contributed by atoms with E-state index in [2.05, 4.69) is 34.7 Å². The molecule has 4 heteroatoms. The van der Waals surface area contributed by atoms with Gasteiger partial charge in [0, 0.05) is 10.8 Å². The maximum absolute atomic E-state index is 4.39. The van der Waals surface area contributed by atoms with Crippen molar-refractivity contribution in [3.05, 3.63) is 23.5 Å². The Morgan fingerprint density at radius 2 is 1.79 bits per heavy atom. The molecule has 2 nitrogen and oxygen atoms in total. The van der Waals surface area contributed by atoms with E-state index in [1.54, 1.807) is 23.1 Å². The normalized spacial score (nSPS) is 11.6. The van der Waals surface area contributed by atoms with E-state index in [4.69, 9.17) is 0 Å². The zero-order valence-electron chi connectivity index (χ0n) is 7.87. The molecule has 1 aromatic carbocycles. The van der Waals surface area contributed by atoms with Gasteiger partial charge in [-0.2, -0.15) is 8.75 Å². The number of hydrogen-bond acceptors (Lipinski definition) is 4. The van der Waals surface area contributed by atoms with Crippen LogP contribution in [0.3, 0.4) is 0 Å². The molecule has 2 aromatic heterocycles. The lowest BCUT2D eigenvalue weighted by Gasteiger charge is -1.92. The Morgan fingerprint density at radius 3 is 2.64 bits per heavy atom. The molecule has 0 aliphatic carbocycles. The van der Waals surface area contributed by atoms with Crippen LogP contribution in [0.5, 0.6) is 0 Å². The van der Waals surface area contributed by atoms with Gasteiger partial charge in [-0.05, 0) is 43.0 Å². The molecular formula is C10H8N2S2. The van der Waals surface area contributed by atoms with Crippen LogP contribution in [-0.4, -0.2) is 8.75 Å². The lowest BCUT2D eigenvalue weighted by molar-refractivity contribution is 1.37. The number of aryl methyl sites for hydroxylation is 2. The molecule has 0 atom stereocenters. The van der Waals surface area contributed by atoms with Crippen LogP contribution in [0.2, 0.25) is 0 Å². The number of fused-ring (bicyclic) bond motifs is 3. The average molecular weight is 220 g/mol. The summed E-state index contributed by atoms with van der Waals surface area (Å²) in [5, 5.41) is 2.56. The summed E-state index contributed by atoms with van der Waals surface area (Å²) in [4.78, 5) is 0. The van der Waals surface area contributed by atoms with E-state index in [1.165, 1.54) is 20.2 Å². The van der Waals surface area contributed by atoms with Crippen molar-refractivity contribution in [2.75, 3.05) is 0 Å². The third kappa shape index (κ3) is 0.952. The van der Waals surface area contributed by atoms with Crippen LogP contribution < -0.4 is 0 Å². The minimum atomic E-state index is 1.12.